The second-order valence-electron chi connectivity index (χ2n) is 10.9. The monoisotopic (exact) mass is 569 g/mol. The lowest BCUT2D eigenvalue weighted by molar-refractivity contribution is -0.116. The Bertz CT molecular complexity index is 1180. The van der Waals surface area contributed by atoms with Crippen LogP contribution in [0.3, 0.4) is 0 Å². The molecular formula is C30H39N3O6S. The third-order valence-corrected chi connectivity index (χ3v) is 7.14. The molecule has 9 nitrogen and oxygen atoms in total. The second-order valence-corrected chi connectivity index (χ2v) is 12.5. The number of piperidine rings is 1. The Kier molecular flexibility index (Phi) is 11.0. The number of rotatable bonds is 9. The van der Waals surface area contributed by atoms with Gasteiger partial charge in [0.1, 0.15) is 12.2 Å². The lowest BCUT2D eigenvalue weighted by Crippen LogP contribution is -2.50. The van der Waals surface area contributed by atoms with E-state index in [-0.39, 0.29) is 23.2 Å². The zero-order valence-corrected chi connectivity index (χ0v) is 24.6. The molecule has 3 rings (SSSR count). The molecule has 0 saturated carbocycles. The summed E-state index contributed by atoms with van der Waals surface area (Å²) < 4.78 is 10.9. The summed E-state index contributed by atoms with van der Waals surface area (Å²) in [4.78, 5) is 54.0. The van der Waals surface area contributed by atoms with Crippen molar-refractivity contribution < 1.29 is 28.7 Å². The van der Waals surface area contributed by atoms with Crippen LogP contribution in [0.1, 0.15) is 69.8 Å². The van der Waals surface area contributed by atoms with Crippen molar-refractivity contribution in [1.29, 1.82) is 0 Å². The highest BCUT2D eigenvalue weighted by Gasteiger charge is 2.36. The number of alkyl carbamates (subject to hydrolysis) is 1. The Morgan fingerprint density at radius 2 is 1.68 bits per heavy atom. The van der Waals surface area contributed by atoms with E-state index in [1.54, 1.807) is 45.0 Å². The number of hydrogen-bond donors (Lipinski definition) is 2. The van der Waals surface area contributed by atoms with Crippen LogP contribution < -0.4 is 10.6 Å². The Balaban J connectivity index is 1.73. The summed E-state index contributed by atoms with van der Waals surface area (Å²) in [6.07, 6.45) is 0.824. The van der Waals surface area contributed by atoms with Crippen molar-refractivity contribution in [3.8, 4) is 0 Å². The van der Waals surface area contributed by atoms with E-state index in [4.69, 9.17) is 9.47 Å². The third kappa shape index (κ3) is 9.29. The molecule has 0 bridgehead atoms. The zero-order chi connectivity index (χ0) is 29.3. The number of para-hydroxylation sites is 1. The average Bonchev–Trinajstić information content (AvgIpc) is 2.91. The van der Waals surface area contributed by atoms with E-state index in [2.05, 4.69) is 10.6 Å². The van der Waals surface area contributed by atoms with Crippen molar-refractivity contribution >= 4 is 41.3 Å². The number of anilines is 1. The van der Waals surface area contributed by atoms with E-state index in [0.717, 1.165) is 18.4 Å². The molecule has 0 aliphatic carbocycles. The van der Waals surface area contributed by atoms with Crippen molar-refractivity contribution in [2.45, 2.75) is 82.8 Å². The minimum Gasteiger partial charge on any atom is -0.445 e. The Hall–Kier alpha value is -3.53. The first-order valence-corrected chi connectivity index (χ1v) is 14.5. The van der Waals surface area contributed by atoms with Crippen molar-refractivity contribution in [3.63, 3.8) is 0 Å². The minimum absolute atomic E-state index is 0.0201. The van der Waals surface area contributed by atoms with Gasteiger partial charge in [0.05, 0.1) is 11.7 Å². The fourth-order valence-electron chi connectivity index (χ4n) is 4.23. The molecule has 2 N–H and O–H groups in total. The normalized spacial score (nSPS) is 16.1. The van der Waals surface area contributed by atoms with E-state index in [9.17, 15) is 19.2 Å². The molecule has 40 heavy (non-hydrogen) atoms. The highest BCUT2D eigenvalue weighted by atomic mass is 32.2. The van der Waals surface area contributed by atoms with Gasteiger partial charge in [-0.2, -0.15) is 0 Å². The number of carbonyl (C=O) groups is 4. The van der Waals surface area contributed by atoms with E-state index in [1.165, 1.54) is 16.7 Å². The Labute approximate surface area is 240 Å². The molecule has 1 saturated heterocycles. The summed E-state index contributed by atoms with van der Waals surface area (Å²) in [5.41, 5.74) is 0.731. The van der Waals surface area contributed by atoms with Crippen LogP contribution in [0.5, 0.6) is 0 Å². The summed E-state index contributed by atoms with van der Waals surface area (Å²) in [5.74, 6) is -0.770. The highest BCUT2D eigenvalue weighted by molar-refractivity contribution is 8.01. The average molecular weight is 570 g/mol. The second kappa shape index (κ2) is 14.2. The van der Waals surface area contributed by atoms with Gasteiger partial charge in [0.2, 0.25) is 0 Å². The molecule has 1 heterocycles. The van der Waals surface area contributed by atoms with Crippen LogP contribution in [0.2, 0.25) is 0 Å². The number of ketones is 1. The van der Waals surface area contributed by atoms with Gasteiger partial charge in [-0.05, 0) is 57.7 Å². The maximum atomic E-state index is 13.7. The summed E-state index contributed by atoms with van der Waals surface area (Å²) in [5, 5.41) is 4.50. The first kappa shape index (κ1) is 31.0. The molecule has 216 valence electrons. The van der Waals surface area contributed by atoms with Gasteiger partial charge in [-0.3, -0.25) is 14.5 Å². The maximum absolute atomic E-state index is 13.7. The number of likely N-dealkylation sites (tertiary alicyclic amines) is 1. The predicted molar refractivity (Wildman–Crippen MR) is 156 cm³/mol. The molecular weight excluding hydrogens is 530 g/mol. The smallest absolute Gasteiger partial charge is 0.410 e. The summed E-state index contributed by atoms with van der Waals surface area (Å²) >= 11 is 1.25. The van der Waals surface area contributed by atoms with Gasteiger partial charge in [0.25, 0.3) is 5.91 Å². The fourth-order valence-corrected chi connectivity index (χ4v) is 5.12. The van der Waals surface area contributed by atoms with Gasteiger partial charge in [0, 0.05) is 17.4 Å². The number of nitrogens with zero attached hydrogens (tertiary/aromatic N) is 1. The summed E-state index contributed by atoms with van der Waals surface area (Å²) in [6, 6.07) is 15.2. The quantitative estimate of drug-likeness (QED) is 0.282. The van der Waals surface area contributed by atoms with Crippen molar-refractivity contribution in [2.24, 2.45) is 0 Å². The van der Waals surface area contributed by atoms with Crippen LogP contribution in [-0.2, 0) is 20.9 Å². The van der Waals surface area contributed by atoms with Crippen LogP contribution in [0, 0.1) is 0 Å². The molecule has 2 aromatic rings. The lowest BCUT2D eigenvalue weighted by atomic mass is 9.93. The SMILES string of the molecule is CC(C)SC(NC(=O)OCc1ccccc1)C(=O)Nc1ccccc1C(=O)C1CCCCN1C(=O)OC(C)(C)C. The molecule has 3 amide bonds. The van der Waals surface area contributed by atoms with E-state index >= 15 is 0 Å². The van der Waals surface area contributed by atoms with Crippen LogP contribution in [0.4, 0.5) is 15.3 Å². The molecule has 2 atom stereocenters. The number of ether oxygens (including phenoxy) is 2. The van der Waals surface area contributed by atoms with Crippen LogP contribution in [0.15, 0.2) is 54.6 Å². The highest BCUT2D eigenvalue weighted by Crippen LogP contribution is 2.27. The van der Waals surface area contributed by atoms with Gasteiger partial charge in [-0.1, -0.05) is 56.3 Å². The number of carbonyl (C=O) groups excluding carboxylic acids is 4. The first-order chi connectivity index (χ1) is 18.9. The summed E-state index contributed by atoms with van der Waals surface area (Å²) in [6.45, 7) is 9.67. The summed E-state index contributed by atoms with van der Waals surface area (Å²) in [7, 11) is 0. The topological polar surface area (TPSA) is 114 Å². The molecule has 0 aromatic heterocycles. The number of thioether (sulfide) groups is 1. The molecule has 0 radical (unpaired) electrons. The third-order valence-electron chi connectivity index (χ3n) is 5.99. The minimum atomic E-state index is -0.959. The molecule has 0 spiro atoms. The number of nitrogens with one attached hydrogen (secondary N) is 2. The van der Waals surface area contributed by atoms with Crippen molar-refractivity contribution in [3.05, 3.63) is 65.7 Å². The van der Waals surface area contributed by atoms with Gasteiger partial charge < -0.3 is 20.1 Å². The van der Waals surface area contributed by atoms with Crippen molar-refractivity contribution in [1.82, 2.24) is 10.2 Å². The molecule has 2 aromatic carbocycles. The largest absolute Gasteiger partial charge is 0.445 e. The van der Waals surface area contributed by atoms with E-state index in [0.29, 0.717) is 18.7 Å². The molecule has 1 aliphatic heterocycles. The first-order valence-electron chi connectivity index (χ1n) is 13.5. The molecule has 1 aliphatic rings. The van der Waals surface area contributed by atoms with Gasteiger partial charge in [0.15, 0.2) is 11.2 Å². The van der Waals surface area contributed by atoms with Crippen LogP contribution in [0.25, 0.3) is 0 Å². The van der Waals surface area contributed by atoms with E-state index < -0.39 is 35.1 Å². The number of Topliss-reactive ketones (excluding diaryl/α,β-unsaturated/α-hetero) is 1. The lowest BCUT2D eigenvalue weighted by Gasteiger charge is -2.36. The molecule has 1 fully saturated rings. The number of amides is 3. The predicted octanol–water partition coefficient (Wildman–Crippen LogP) is 5.99. The van der Waals surface area contributed by atoms with Crippen LogP contribution >= 0.6 is 11.8 Å². The molecule has 2 unspecified atom stereocenters. The zero-order valence-electron chi connectivity index (χ0n) is 23.8. The number of benzene rings is 2. The van der Waals surface area contributed by atoms with Gasteiger partial charge in [-0.15, -0.1) is 11.8 Å². The Morgan fingerprint density at radius 1 is 1.00 bits per heavy atom. The fraction of sp³-hybridized carbons (Fsp3) is 0.467. The van der Waals surface area contributed by atoms with Crippen molar-refractivity contribution in [2.75, 3.05) is 11.9 Å². The van der Waals surface area contributed by atoms with Gasteiger partial charge >= 0.3 is 12.2 Å². The van der Waals surface area contributed by atoms with Crippen LogP contribution in [-0.4, -0.2) is 57.6 Å². The molecule has 10 heteroatoms. The Morgan fingerprint density at radius 3 is 2.35 bits per heavy atom. The maximum Gasteiger partial charge on any atom is 0.410 e. The number of hydrogen-bond acceptors (Lipinski definition) is 7. The van der Waals surface area contributed by atoms with Gasteiger partial charge in [-0.25, -0.2) is 9.59 Å². The van der Waals surface area contributed by atoms with E-state index in [1.807, 2.05) is 44.2 Å². The standard InChI is InChI=1S/C30H39N3O6S/c1-20(2)40-27(32-28(36)38-19-21-13-7-6-8-14-21)26(35)31-23-16-10-9-15-22(23)25(34)24-17-11-12-18-33(24)29(37)39-30(3,4)5/h6-10,13-16,20,24,27H,11-12,17-19H2,1-5H3,(H,31,35)(H,32,36).